The largest absolute Gasteiger partial charge is 0.330 e. The number of imidazole rings is 1. The van der Waals surface area contributed by atoms with E-state index in [1.54, 1.807) is 18.6 Å². The minimum atomic E-state index is -0.344. The van der Waals surface area contributed by atoms with E-state index in [0.717, 1.165) is 18.5 Å². The molecule has 1 atom stereocenters. The molecule has 0 unspecified atom stereocenters. The average Bonchev–Trinajstić information content (AvgIpc) is 2.91. The third-order valence-corrected chi connectivity index (χ3v) is 3.22. The standard InChI is InChI=1S/C13H17FN4/c1-13(5-2-6-15,18-8-7-16-10-18)12-4-3-11(14)9-17-12/h3-4,7-10H,2,5-6,15H2,1H3/t13-/m0/s1. The van der Waals surface area contributed by atoms with Gasteiger partial charge in [-0.2, -0.15) is 0 Å². The van der Waals surface area contributed by atoms with E-state index in [4.69, 9.17) is 5.73 Å². The van der Waals surface area contributed by atoms with E-state index in [2.05, 4.69) is 16.9 Å². The molecule has 0 fully saturated rings. The molecule has 0 radical (unpaired) electrons. The van der Waals surface area contributed by atoms with Gasteiger partial charge in [-0.1, -0.05) is 0 Å². The van der Waals surface area contributed by atoms with Crippen LogP contribution in [-0.2, 0) is 5.54 Å². The first-order valence-electron chi connectivity index (χ1n) is 5.97. The van der Waals surface area contributed by atoms with E-state index < -0.39 is 0 Å². The highest BCUT2D eigenvalue weighted by molar-refractivity contribution is 5.17. The molecule has 2 aromatic heterocycles. The second-order valence-corrected chi connectivity index (χ2v) is 4.50. The van der Waals surface area contributed by atoms with Gasteiger partial charge in [0.1, 0.15) is 5.82 Å². The summed E-state index contributed by atoms with van der Waals surface area (Å²) in [6, 6.07) is 3.14. The fraction of sp³-hybridized carbons (Fsp3) is 0.385. The van der Waals surface area contributed by atoms with Crippen LogP contribution in [0.4, 0.5) is 4.39 Å². The predicted molar refractivity (Wildman–Crippen MR) is 67.5 cm³/mol. The van der Waals surface area contributed by atoms with Crippen LogP contribution in [0.1, 0.15) is 25.5 Å². The zero-order valence-corrected chi connectivity index (χ0v) is 10.4. The first-order valence-corrected chi connectivity index (χ1v) is 5.97. The molecule has 0 bridgehead atoms. The maximum atomic E-state index is 13.0. The number of hydrogen-bond donors (Lipinski definition) is 1. The van der Waals surface area contributed by atoms with Gasteiger partial charge in [0, 0.05) is 12.4 Å². The summed E-state index contributed by atoms with van der Waals surface area (Å²) in [6.07, 6.45) is 8.31. The number of rotatable bonds is 5. The summed E-state index contributed by atoms with van der Waals surface area (Å²) in [7, 11) is 0. The molecule has 0 aliphatic carbocycles. The molecule has 0 saturated heterocycles. The Morgan fingerprint density at radius 2 is 2.28 bits per heavy atom. The lowest BCUT2D eigenvalue weighted by Crippen LogP contribution is -2.32. The highest BCUT2D eigenvalue weighted by Gasteiger charge is 2.29. The van der Waals surface area contributed by atoms with Gasteiger partial charge in [-0.25, -0.2) is 9.37 Å². The SMILES string of the molecule is C[C@](CCCN)(c1ccc(F)cn1)n1ccnc1. The van der Waals surface area contributed by atoms with Crippen LogP contribution in [0.15, 0.2) is 37.1 Å². The Balaban J connectivity index is 2.38. The summed E-state index contributed by atoms with van der Waals surface area (Å²) in [5, 5.41) is 0. The smallest absolute Gasteiger partial charge is 0.141 e. The van der Waals surface area contributed by atoms with Crippen molar-refractivity contribution >= 4 is 0 Å². The summed E-state index contributed by atoms with van der Waals surface area (Å²) < 4.78 is 15.0. The molecular weight excluding hydrogens is 231 g/mol. The van der Waals surface area contributed by atoms with Crippen molar-refractivity contribution in [2.24, 2.45) is 5.73 Å². The van der Waals surface area contributed by atoms with Gasteiger partial charge >= 0.3 is 0 Å². The Labute approximate surface area is 106 Å². The Bertz CT molecular complexity index is 480. The molecule has 4 nitrogen and oxygen atoms in total. The summed E-state index contributed by atoms with van der Waals surface area (Å²) in [6.45, 7) is 2.68. The molecule has 0 aliphatic rings. The van der Waals surface area contributed by atoms with Crippen LogP contribution in [0, 0.1) is 5.82 Å². The van der Waals surface area contributed by atoms with Gasteiger partial charge in [0.2, 0.25) is 0 Å². The maximum Gasteiger partial charge on any atom is 0.141 e. The van der Waals surface area contributed by atoms with Gasteiger partial charge in [0.05, 0.1) is 23.8 Å². The van der Waals surface area contributed by atoms with Crippen LogP contribution in [0.3, 0.4) is 0 Å². The number of pyridine rings is 1. The normalized spacial score (nSPS) is 14.4. The molecule has 2 heterocycles. The average molecular weight is 248 g/mol. The highest BCUT2D eigenvalue weighted by Crippen LogP contribution is 2.29. The van der Waals surface area contributed by atoms with Crippen molar-refractivity contribution in [1.82, 2.24) is 14.5 Å². The number of hydrogen-bond acceptors (Lipinski definition) is 3. The summed E-state index contributed by atoms with van der Waals surface area (Å²) in [5.74, 6) is -0.328. The molecule has 0 amide bonds. The van der Waals surface area contributed by atoms with Crippen molar-refractivity contribution in [2.45, 2.75) is 25.3 Å². The Hall–Kier alpha value is -1.75. The van der Waals surface area contributed by atoms with Crippen molar-refractivity contribution in [3.8, 4) is 0 Å². The molecule has 5 heteroatoms. The van der Waals surface area contributed by atoms with E-state index in [9.17, 15) is 4.39 Å². The third-order valence-electron chi connectivity index (χ3n) is 3.22. The highest BCUT2D eigenvalue weighted by atomic mass is 19.1. The summed E-state index contributed by atoms with van der Waals surface area (Å²) >= 11 is 0. The van der Waals surface area contributed by atoms with Crippen molar-refractivity contribution in [2.75, 3.05) is 6.54 Å². The van der Waals surface area contributed by atoms with E-state index in [-0.39, 0.29) is 11.4 Å². The van der Waals surface area contributed by atoms with E-state index in [1.807, 2.05) is 10.8 Å². The molecule has 18 heavy (non-hydrogen) atoms. The Morgan fingerprint density at radius 1 is 1.44 bits per heavy atom. The molecule has 96 valence electrons. The van der Waals surface area contributed by atoms with Crippen molar-refractivity contribution in [3.63, 3.8) is 0 Å². The van der Waals surface area contributed by atoms with Gasteiger partial charge in [-0.3, -0.25) is 4.98 Å². The lowest BCUT2D eigenvalue weighted by molar-refractivity contribution is 0.344. The lowest BCUT2D eigenvalue weighted by atomic mass is 9.91. The zero-order valence-electron chi connectivity index (χ0n) is 10.4. The van der Waals surface area contributed by atoms with Crippen LogP contribution in [0.2, 0.25) is 0 Å². The zero-order chi connectivity index (χ0) is 13.0. The third kappa shape index (κ3) is 2.41. The van der Waals surface area contributed by atoms with E-state index >= 15 is 0 Å². The molecule has 0 saturated carbocycles. The second kappa shape index (κ2) is 5.27. The molecular formula is C13H17FN4. The number of halogens is 1. The van der Waals surface area contributed by atoms with E-state index in [1.165, 1.54) is 12.3 Å². The molecule has 0 aromatic carbocycles. The van der Waals surface area contributed by atoms with Crippen molar-refractivity contribution in [1.29, 1.82) is 0 Å². The predicted octanol–water partition coefficient (Wildman–Crippen LogP) is 1.92. The van der Waals surface area contributed by atoms with Crippen molar-refractivity contribution < 1.29 is 4.39 Å². The van der Waals surface area contributed by atoms with Gasteiger partial charge in [0.25, 0.3) is 0 Å². The first-order chi connectivity index (χ1) is 8.66. The van der Waals surface area contributed by atoms with E-state index in [0.29, 0.717) is 6.54 Å². The van der Waals surface area contributed by atoms with Crippen LogP contribution in [0.5, 0.6) is 0 Å². The minimum absolute atomic E-state index is 0.328. The van der Waals surface area contributed by atoms with Crippen LogP contribution >= 0.6 is 0 Å². The number of aromatic nitrogens is 3. The van der Waals surface area contributed by atoms with Crippen LogP contribution in [0.25, 0.3) is 0 Å². The van der Waals surface area contributed by atoms with Crippen LogP contribution < -0.4 is 5.73 Å². The molecule has 0 aliphatic heterocycles. The molecule has 2 rings (SSSR count). The topological polar surface area (TPSA) is 56.7 Å². The number of nitrogens with two attached hydrogens (primary N) is 1. The molecule has 2 aromatic rings. The lowest BCUT2D eigenvalue weighted by Gasteiger charge is -2.30. The maximum absolute atomic E-state index is 13.0. The molecule has 2 N–H and O–H groups in total. The Morgan fingerprint density at radius 3 is 2.83 bits per heavy atom. The van der Waals surface area contributed by atoms with Gasteiger partial charge in [0.15, 0.2) is 0 Å². The fourth-order valence-corrected chi connectivity index (χ4v) is 2.08. The monoisotopic (exact) mass is 248 g/mol. The summed E-state index contributed by atoms with van der Waals surface area (Å²) in [5.41, 5.74) is 6.06. The Kier molecular flexibility index (Phi) is 3.72. The van der Waals surface area contributed by atoms with Crippen molar-refractivity contribution in [3.05, 3.63) is 48.6 Å². The van der Waals surface area contributed by atoms with Gasteiger partial charge in [-0.05, 0) is 38.4 Å². The van der Waals surface area contributed by atoms with Gasteiger partial charge < -0.3 is 10.3 Å². The van der Waals surface area contributed by atoms with Crippen LogP contribution in [-0.4, -0.2) is 21.1 Å². The quantitative estimate of drug-likeness (QED) is 0.879. The minimum Gasteiger partial charge on any atom is -0.330 e. The second-order valence-electron chi connectivity index (χ2n) is 4.50. The first kappa shape index (κ1) is 12.7. The number of nitrogens with zero attached hydrogens (tertiary/aromatic N) is 3. The molecule has 0 spiro atoms. The fourth-order valence-electron chi connectivity index (χ4n) is 2.08. The summed E-state index contributed by atoms with van der Waals surface area (Å²) in [4.78, 5) is 8.26. The van der Waals surface area contributed by atoms with Gasteiger partial charge in [-0.15, -0.1) is 0 Å².